The predicted octanol–water partition coefficient (Wildman–Crippen LogP) is 4.73. The quantitative estimate of drug-likeness (QED) is 0.732. The van der Waals surface area contributed by atoms with Crippen molar-refractivity contribution in [2.75, 3.05) is 0 Å². The van der Waals surface area contributed by atoms with E-state index in [0.717, 1.165) is 35.5 Å². The summed E-state index contributed by atoms with van der Waals surface area (Å²) >= 11 is 0. The average molecular weight is 341 g/mol. The van der Waals surface area contributed by atoms with E-state index in [4.69, 9.17) is 4.74 Å². The van der Waals surface area contributed by atoms with Crippen LogP contribution in [0.1, 0.15) is 40.6 Å². The van der Waals surface area contributed by atoms with Gasteiger partial charge in [0.25, 0.3) is 0 Å². The van der Waals surface area contributed by atoms with Crippen LogP contribution >= 0.6 is 0 Å². The molecule has 1 atom stereocenters. The van der Waals surface area contributed by atoms with Crippen LogP contribution in [0.3, 0.4) is 0 Å². The van der Waals surface area contributed by atoms with Gasteiger partial charge in [0.15, 0.2) is 0 Å². The van der Waals surface area contributed by atoms with Gasteiger partial charge in [0.2, 0.25) is 5.91 Å². The van der Waals surface area contributed by atoms with E-state index in [9.17, 15) is 4.79 Å². The minimum absolute atomic E-state index is 0.0369. The third-order valence-corrected chi connectivity index (χ3v) is 5.39. The number of rotatable bonds is 2. The SMILES string of the molecule is O=C(N[C@H]1CCc2ccccc21)C1c2ccccc2Oc2ccccc21. The summed E-state index contributed by atoms with van der Waals surface area (Å²) in [4.78, 5) is 13.3. The summed E-state index contributed by atoms with van der Waals surface area (Å²) in [6.45, 7) is 0. The van der Waals surface area contributed by atoms with Gasteiger partial charge in [0.1, 0.15) is 11.5 Å². The van der Waals surface area contributed by atoms with Crippen LogP contribution in [-0.2, 0) is 11.2 Å². The molecule has 1 aliphatic heterocycles. The molecule has 0 unspecified atom stereocenters. The van der Waals surface area contributed by atoms with Gasteiger partial charge in [0.05, 0.1) is 12.0 Å². The summed E-state index contributed by atoms with van der Waals surface area (Å²) in [5.74, 6) is 1.22. The molecule has 1 amide bonds. The van der Waals surface area contributed by atoms with Crippen LogP contribution < -0.4 is 10.1 Å². The van der Waals surface area contributed by atoms with Crippen LogP contribution in [0.15, 0.2) is 72.8 Å². The number of ether oxygens (including phenoxy) is 1. The highest BCUT2D eigenvalue weighted by Gasteiger charge is 2.34. The molecule has 3 aromatic rings. The van der Waals surface area contributed by atoms with E-state index in [-0.39, 0.29) is 17.9 Å². The Kier molecular flexibility index (Phi) is 3.52. The van der Waals surface area contributed by atoms with E-state index in [2.05, 4.69) is 23.5 Å². The minimum atomic E-state index is -0.344. The molecule has 5 rings (SSSR count). The average Bonchev–Trinajstić information content (AvgIpc) is 3.09. The van der Waals surface area contributed by atoms with Crippen molar-refractivity contribution >= 4 is 5.91 Å². The molecule has 0 radical (unpaired) electrons. The fourth-order valence-electron chi connectivity index (χ4n) is 4.15. The lowest BCUT2D eigenvalue weighted by molar-refractivity contribution is -0.122. The highest BCUT2D eigenvalue weighted by atomic mass is 16.5. The zero-order valence-corrected chi connectivity index (χ0v) is 14.3. The van der Waals surface area contributed by atoms with Crippen molar-refractivity contribution in [3.05, 3.63) is 95.1 Å². The number of para-hydroxylation sites is 2. The molecule has 0 bridgehead atoms. The third kappa shape index (κ3) is 2.39. The number of carbonyl (C=O) groups is 1. The van der Waals surface area contributed by atoms with Crippen molar-refractivity contribution in [3.63, 3.8) is 0 Å². The molecule has 3 aromatic carbocycles. The molecule has 2 aliphatic rings. The maximum atomic E-state index is 13.3. The normalized spacial score (nSPS) is 17.6. The molecule has 0 spiro atoms. The molecule has 128 valence electrons. The number of benzene rings is 3. The zero-order valence-electron chi connectivity index (χ0n) is 14.3. The highest BCUT2D eigenvalue weighted by molar-refractivity contribution is 5.90. The summed E-state index contributed by atoms with van der Waals surface area (Å²) in [7, 11) is 0. The van der Waals surface area contributed by atoms with Gasteiger partial charge in [-0.05, 0) is 36.1 Å². The van der Waals surface area contributed by atoms with Crippen molar-refractivity contribution in [1.29, 1.82) is 0 Å². The van der Waals surface area contributed by atoms with E-state index < -0.39 is 0 Å². The number of nitrogens with one attached hydrogen (secondary N) is 1. The number of hydrogen-bond donors (Lipinski definition) is 1. The van der Waals surface area contributed by atoms with Gasteiger partial charge in [-0.2, -0.15) is 0 Å². The lowest BCUT2D eigenvalue weighted by atomic mass is 9.87. The van der Waals surface area contributed by atoms with Crippen molar-refractivity contribution in [1.82, 2.24) is 5.32 Å². The van der Waals surface area contributed by atoms with Crippen molar-refractivity contribution in [3.8, 4) is 11.5 Å². The number of carbonyl (C=O) groups excluding carboxylic acids is 1. The lowest BCUT2D eigenvalue weighted by Crippen LogP contribution is -2.33. The summed E-state index contributed by atoms with van der Waals surface area (Å²) in [5.41, 5.74) is 4.44. The van der Waals surface area contributed by atoms with Gasteiger partial charge < -0.3 is 10.1 Å². The Balaban J connectivity index is 1.51. The van der Waals surface area contributed by atoms with Crippen molar-refractivity contribution in [2.24, 2.45) is 0 Å². The third-order valence-electron chi connectivity index (χ3n) is 5.39. The van der Waals surface area contributed by atoms with Gasteiger partial charge >= 0.3 is 0 Å². The Labute approximate surface area is 152 Å². The smallest absolute Gasteiger partial charge is 0.232 e. The Bertz CT molecular complexity index is 949. The second-order valence-electron chi connectivity index (χ2n) is 6.91. The van der Waals surface area contributed by atoms with E-state index in [1.165, 1.54) is 11.1 Å². The Morgan fingerprint density at radius 1 is 0.808 bits per heavy atom. The Morgan fingerprint density at radius 2 is 1.38 bits per heavy atom. The monoisotopic (exact) mass is 341 g/mol. The number of amides is 1. The number of fused-ring (bicyclic) bond motifs is 3. The fourth-order valence-corrected chi connectivity index (χ4v) is 4.15. The summed E-state index contributed by atoms with van der Waals surface area (Å²) in [6.07, 6.45) is 1.97. The molecule has 1 N–H and O–H groups in total. The summed E-state index contributed by atoms with van der Waals surface area (Å²) in [6, 6.07) is 24.1. The van der Waals surface area contributed by atoms with Gasteiger partial charge in [-0.1, -0.05) is 60.7 Å². The van der Waals surface area contributed by atoms with Crippen LogP contribution in [0.5, 0.6) is 11.5 Å². The first-order chi connectivity index (χ1) is 12.8. The highest BCUT2D eigenvalue weighted by Crippen LogP contribution is 2.44. The van der Waals surface area contributed by atoms with E-state index in [1.54, 1.807) is 0 Å². The zero-order chi connectivity index (χ0) is 17.5. The van der Waals surface area contributed by atoms with Crippen molar-refractivity contribution < 1.29 is 9.53 Å². The lowest BCUT2D eigenvalue weighted by Gasteiger charge is -2.28. The molecule has 1 aliphatic carbocycles. The first kappa shape index (κ1) is 15.2. The second-order valence-corrected chi connectivity index (χ2v) is 6.91. The topological polar surface area (TPSA) is 38.3 Å². The van der Waals surface area contributed by atoms with Crippen LogP contribution in [0.4, 0.5) is 0 Å². The number of hydrogen-bond acceptors (Lipinski definition) is 2. The van der Waals surface area contributed by atoms with E-state index >= 15 is 0 Å². The molecule has 26 heavy (non-hydrogen) atoms. The molecule has 0 saturated carbocycles. The maximum absolute atomic E-state index is 13.3. The largest absolute Gasteiger partial charge is 0.457 e. The Morgan fingerprint density at radius 3 is 2.08 bits per heavy atom. The van der Waals surface area contributed by atoms with Crippen LogP contribution in [0.2, 0.25) is 0 Å². The summed E-state index contributed by atoms with van der Waals surface area (Å²) < 4.78 is 6.00. The second kappa shape index (κ2) is 6.03. The molecule has 0 aromatic heterocycles. The van der Waals surface area contributed by atoms with Gasteiger partial charge in [-0.3, -0.25) is 4.79 Å². The van der Waals surface area contributed by atoms with Crippen LogP contribution in [0.25, 0.3) is 0 Å². The predicted molar refractivity (Wildman–Crippen MR) is 100 cm³/mol. The standard InChI is InChI=1S/C23H19NO2/c25-23(24-19-14-13-15-7-1-2-8-16(15)19)22-17-9-3-5-11-20(17)26-21-12-6-4-10-18(21)22/h1-12,19,22H,13-14H2,(H,24,25)/t19-/m0/s1. The fraction of sp³-hybridized carbons (Fsp3) is 0.174. The van der Waals surface area contributed by atoms with Gasteiger partial charge in [0, 0.05) is 11.1 Å². The molecule has 0 saturated heterocycles. The van der Waals surface area contributed by atoms with Crippen molar-refractivity contribution in [2.45, 2.75) is 24.8 Å². The minimum Gasteiger partial charge on any atom is -0.457 e. The molecule has 0 fully saturated rings. The van der Waals surface area contributed by atoms with Crippen LogP contribution in [0, 0.1) is 0 Å². The van der Waals surface area contributed by atoms with E-state index in [1.807, 2.05) is 54.6 Å². The maximum Gasteiger partial charge on any atom is 0.232 e. The first-order valence-corrected chi connectivity index (χ1v) is 9.05. The Hall–Kier alpha value is -3.07. The van der Waals surface area contributed by atoms with Gasteiger partial charge in [-0.25, -0.2) is 0 Å². The van der Waals surface area contributed by atoms with E-state index in [0.29, 0.717) is 0 Å². The molecule has 3 heteroatoms. The molecular weight excluding hydrogens is 322 g/mol. The number of aryl methyl sites for hydroxylation is 1. The van der Waals surface area contributed by atoms with Gasteiger partial charge in [-0.15, -0.1) is 0 Å². The first-order valence-electron chi connectivity index (χ1n) is 9.05. The molecular formula is C23H19NO2. The molecule has 3 nitrogen and oxygen atoms in total. The van der Waals surface area contributed by atoms with Crippen LogP contribution in [-0.4, -0.2) is 5.91 Å². The molecule has 1 heterocycles. The summed E-state index contributed by atoms with van der Waals surface area (Å²) in [5, 5.41) is 3.29.